The fraction of sp³-hybridized carbons (Fsp3) is 0.350. The molecular weight excluding hydrogens is 268 g/mol. The Labute approximate surface area is 134 Å². The van der Waals surface area contributed by atoms with E-state index in [1.165, 1.54) is 22.5 Å². The number of benzene rings is 1. The van der Waals surface area contributed by atoms with Gasteiger partial charge in [-0.15, -0.1) is 0 Å². The summed E-state index contributed by atoms with van der Waals surface area (Å²) in [5, 5.41) is 3.52. The maximum absolute atomic E-state index is 4.30. The molecule has 2 heteroatoms. The fourth-order valence-electron chi connectivity index (χ4n) is 2.56. The second-order valence-electron chi connectivity index (χ2n) is 6.20. The number of rotatable bonds is 5. The first-order valence-electron chi connectivity index (χ1n) is 7.97. The van der Waals surface area contributed by atoms with Crippen LogP contribution in [0.2, 0.25) is 0 Å². The topological polar surface area (TPSA) is 24.4 Å². The summed E-state index contributed by atoms with van der Waals surface area (Å²) in [6.07, 6.45) is 11.4. The SMILES string of the molecule is CCCN=C/C=C(C)/C=C/C=C1/Nc2ccccc2C1(C)C. The minimum absolute atomic E-state index is 0.0289. The number of aliphatic imine (C=N–C) groups is 1. The van der Waals surface area contributed by atoms with Crippen LogP contribution < -0.4 is 5.32 Å². The number of hydrogen-bond donors (Lipinski definition) is 1. The van der Waals surface area contributed by atoms with Crippen LogP contribution in [0.5, 0.6) is 0 Å². The zero-order chi connectivity index (χ0) is 16.0. The molecule has 0 saturated heterocycles. The van der Waals surface area contributed by atoms with Gasteiger partial charge in [0.05, 0.1) is 0 Å². The predicted molar refractivity (Wildman–Crippen MR) is 97.7 cm³/mol. The summed E-state index contributed by atoms with van der Waals surface area (Å²) >= 11 is 0. The largest absolute Gasteiger partial charge is 0.358 e. The maximum Gasteiger partial charge on any atom is 0.0424 e. The minimum Gasteiger partial charge on any atom is -0.358 e. The molecule has 0 spiro atoms. The van der Waals surface area contributed by atoms with Crippen molar-refractivity contribution in [3.05, 3.63) is 65.4 Å². The number of para-hydroxylation sites is 1. The van der Waals surface area contributed by atoms with Crippen molar-refractivity contribution < 1.29 is 0 Å². The quantitative estimate of drug-likeness (QED) is 0.581. The van der Waals surface area contributed by atoms with Gasteiger partial charge in [-0.05, 0) is 42.7 Å². The Morgan fingerprint density at radius 3 is 2.77 bits per heavy atom. The Morgan fingerprint density at radius 2 is 2.05 bits per heavy atom. The standard InChI is InChI=1S/C20H26N2/c1-5-14-21-15-13-16(2)9-8-12-19-20(3,4)17-10-6-7-11-18(17)22-19/h6-13,15,22H,5,14H2,1-4H3/b9-8+,16-13+,19-12+,21-15?. The molecule has 116 valence electrons. The molecular formula is C20H26N2. The summed E-state index contributed by atoms with van der Waals surface area (Å²) in [7, 11) is 0. The van der Waals surface area contributed by atoms with Gasteiger partial charge in [-0.1, -0.05) is 51.1 Å². The van der Waals surface area contributed by atoms with Crippen molar-refractivity contribution in [2.24, 2.45) is 4.99 Å². The number of nitrogens with one attached hydrogen (secondary N) is 1. The van der Waals surface area contributed by atoms with Crippen molar-refractivity contribution in [1.29, 1.82) is 0 Å². The second kappa shape index (κ2) is 7.26. The molecule has 1 aliphatic rings. The average Bonchev–Trinajstić information content (AvgIpc) is 2.75. The summed E-state index contributed by atoms with van der Waals surface area (Å²) in [6, 6.07) is 8.51. The van der Waals surface area contributed by atoms with E-state index in [1.54, 1.807) is 0 Å². The summed E-state index contributed by atoms with van der Waals surface area (Å²) < 4.78 is 0. The molecule has 0 aromatic heterocycles. The molecule has 1 heterocycles. The lowest BCUT2D eigenvalue weighted by molar-refractivity contribution is 0.654. The normalized spacial score (nSPS) is 19.1. The zero-order valence-corrected chi connectivity index (χ0v) is 14.1. The molecule has 22 heavy (non-hydrogen) atoms. The fourth-order valence-corrected chi connectivity index (χ4v) is 2.56. The van der Waals surface area contributed by atoms with Gasteiger partial charge in [0.25, 0.3) is 0 Å². The van der Waals surface area contributed by atoms with Crippen molar-refractivity contribution in [3.63, 3.8) is 0 Å². The van der Waals surface area contributed by atoms with Gasteiger partial charge in [-0.2, -0.15) is 0 Å². The predicted octanol–water partition coefficient (Wildman–Crippen LogP) is 5.26. The molecule has 0 bridgehead atoms. The average molecular weight is 294 g/mol. The summed E-state index contributed by atoms with van der Waals surface area (Å²) in [4.78, 5) is 4.30. The van der Waals surface area contributed by atoms with E-state index in [4.69, 9.17) is 0 Å². The first-order valence-corrected chi connectivity index (χ1v) is 7.97. The van der Waals surface area contributed by atoms with Gasteiger partial charge in [0.2, 0.25) is 0 Å². The number of allylic oxidation sites excluding steroid dienone is 6. The third-order valence-corrected chi connectivity index (χ3v) is 3.96. The van der Waals surface area contributed by atoms with E-state index in [0.29, 0.717) is 0 Å². The van der Waals surface area contributed by atoms with E-state index in [1.807, 2.05) is 12.3 Å². The molecule has 0 unspecified atom stereocenters. The molecule has 2 rings (SSSR count). The van der Waals surface area contributed by atoms with E-state index in [2.05, 4.69) is 80.5 Å². The van der Waals surface area contributed by atoms with Gasteiger partial charge in [-0.3, -0.25) is 4.99 Å². The molecule has 0 atom stereocenters. The van der Waals surface area contributed by atoms with Crippen LogP contribution in [0.25, 0.3) is 0 Å². The number of nitrogens with zero attached hydrogens (tertiary/aromatic N) is 1. The van der Waals surface area contributed by atoms with E-state index >= 15 is 0 Å². The van der Waals surface area contributed by atoms with Crippen LogP contribution in [-0.4, -0.2) is 12.8 Å². The first kappa shape index (κ1) is 16.3. The summed E-state index contributed by atoms with van der Waals surface area (Å²) in [6.45, 7) is 9.63. The van der Waals surface area contributed by atoms with Crippen molar-refractivity contribution in [1.82, 2.24) is 0 Å². The molecule has 1 N–H and O–H groups in total. The van der Waals surface area contributed by atoms with Crippen LogP contribution in [0.3, 0.4) is 0 Å². The van der Waals surface area contributed by atoms with E-state index in [0.717, 1.165) is 13.0 Å². The van der Waals surface area contributed by atoms with Gasteiger partial charge in [-0.25, -0.2) is 0 Å². The minimum atomic E-state index is 0.0289. The van der Waals surface area contributed by atoms with Crippen LogP contribution in [0.4, 0.5) is 5.69 Å². The smallest absolute Gasteiger partial charge is 0.0424 e. The highest BCUT2D eigenvalue weighted by atomic mass is 14.9. The number of anilines is 1. The maximum atomic E-state index is 4.30. The van der Waals surface area contributed by atoms with Crippen molar-refractivity contribution in [2.75, 3.05) is 11.9 Å². The summed E-state index contributed by atoms with van der Waals surface area (Å²) in [5.41, 5.74) is 5.03. The second-order valence-corrected chi connectivity index (χ2v) is 6.20. The molecule has 2 nitrogen and oxygen atoms in total. The molecule has 0 fully saturated rings. The van der Waals surface area contributed by atoms with Crippen molar-refractivity contribution >= 4 is 11.9 Å². The molecule has 0 saturated carbocycles. The van der Waals surface area contributed by atoms with Gasteiger partial charge in [0, 0.05) is 29.6 Å². The van der Waals surface area contributed by atoms with E-state index in [9.17, 15) is 0 Å². The Morgan fingerprint density at radius 1 is 1.27 bits per heavy atom. The van der Waals surface area contributed by atoms with E-state index < -0.39 is 0 Å². The third-order valence-electron chi connectivity index (χ3n) is 3.96. The molecule has 1 aromatic rings. The van der Waals surface area contributed by atoms with Crippen LogP contribution in [-0.2, 0) is 5.41 Å². The van der Waals surface area contributed by atoms with Crippen LogP contribution in [0, 0.1) is 0 Å². The molecule has 1 aromatic carbocycles. The van der Waals surface area contributed by atoms with Gasteiger partial charge >= 0.3 is 0 Å². The zero-order valence-electron chi connectivity index (χ0n) is 14.1. The Kier molecular flexibility index (Phi) is 5.37. The molecule has 1 aliphatic heterocycles. The highest BCUT2D eigenvalue weighted by molar-refractivity contribution is 5.73. The first-order chi connectivity index (χ1) is 10.6. The van der Waals surface area contributed by atoms with Gasteiger partial charge < -0.3 is 5.32 Å². The highest BCUT2D eigenvalue weighted by Gasteiger charge is 2.33. The summed E-state index contributed by atoms with van der Waals surface area (Å²) in [5.74, 6) is 0. The van der Waals surface area contributed by atoms with Gasteiger partial charge in [0.15, 0.2) is 0 Å². The van der Waals surface area contributed by atoms with Gasteiger partial charge in [0.1, 0.15) is 0 Å². The lowest BCUT2D eigenvalue weighted by Gasteiger charge is -2.19. The Bertz CT molecular complexity index is 631. The van der Waals surface area contributed by atoms with E-state index in [-0.39, 0.29) is 5.41 Å². The Balaban J connectivity index is 2.07. The number of fused-ring (bicyclic) bond motifs is 1. The molecule has 0 radical (unpaired) electrons. The third kappa shape index (κ3) is 3.76. The van der Waals surface area contributed by atoms with Crippen LogP contribution in [0.15, 0.2) is 64.8 Å². The lowest BCUT2D eigenvalue weighted by Crippen LogP contribution is -2.16. The monoisotopic (exact) mass is 294 g/mol. The molecule has 0 aliphatic carbocycles. The number of hydrogen-bond acceptors (Lipinski definition) is 2. The molecule has 0 amide bonds. The van der Waals surface area contributed by atoms with Crippen LogP contribution in [0.1, 0.15) is 39.7 Å². The van der Waals surface area contributed by atoms with Crippen molar-refractivity contribution in [2.45, 2.75) is 39.5 Å². The van der Waals surface area contributed by atoms with Crippen molar-refractivity contribution in [3.8, 4) is 0 Å². The van der Waals surface area contributed by atoms with Crippen LogP contribution >= 0.6 is 0 Å². The highest BCUT2D eigenvalue weighted by Crippen LogP contribution is 2.42. The lowest BCUT2D eigenvalue weighted by atomic mass is 9.84. The Hall–Kier alpha value is -2.09.